The number of methoxy groups -OCH3 is 1. The van der Waals surface area contributed by atoms with Gasteiger partial charge >= 0.3 is 5.97 Å². The molecule has 1 aliphatic rings. The van der Waals surface area contributed by atoms with Gasteiger partial charge in [0.2, 0.25) is 11.6 Å². The van der Waals surface area contributed by atoms with Gasteiger partial charge in [0.1, 0.15) is 41.5 Å². The Morgan fingerprint density at radius 2 is 1.71 bits per heavy atom. The van der Waals surface area contributed by atoms with Crippen LogP contribution < -0.4 is 9.47 Å². The largest absolute Gasteiger partial charge is 0.497 e. The van der Waals surface area contributed by atoms with Crippen LogP contribution in [0.4, 0.5) is 0 Å². The summed E-state index contributed by atoms with van der Waals surface area (Å²) in [7, 11) is 1.64. The summed E-state index contributed by atoms with van der Waals surface area (Å²) >= 11 is 0. The summed E-state index contributed by atoms with van der Waals surface area (Å²) in [5, 5.41) is 0.717. The van der Waals surface area contributed by atoms with Crippen LogP contribution >= 0.6 is 0 Å². The zero-order valence-corrected chi connectivity index (χ0v) is 22.1. The number of benzene rings is 2. The molecular weight excluding hydrogens is 484 g/mol. The minimum absolute atomic E-state index is 0.0732. The van der Waals surface area contributed by atoms with E-state index in [0.29, 0.717) is 23.8 Å². The number of aromatic nitrogens is 2. The maximum atomic E-state index is 12.1. The zero-order chi connectivity index (χ0) is 26.7. The van der Waals surface area contributed by atoms with Gasteiger partial charge < -0.3 is 23.4 Å². The van der Waals surface area contributed by atoms with E-state index in [0.717, 1.165) is 40.7 Å². The molecule has 0 spiro atoms. The van der Waals surface area contributed by atoms with Crippen molar-refractivity contribution in [1.29, 1.82) is 0 Å². The molecule has 0 aliphatic heterocycles. The van der Waals surface area contributed by atoms with Crippen LogP contribution in [-0.2, 0) is 14.3 Å². The molecule has 4 aromatic rings. The molecule has 8 nitrogen and oxygen atoms in total. The van der Waals surface area contributed by atoms with Crippen LogP contribution in [0.15, 0.2) is 65.3 Å². The number of carbonyl (C=O) groups excluding carboxylic acids is 1. The van der Waals surface area contributed by atoms with Gasteiger partial charge in [-0.2, -0.15) is 0 Å². The third-order valence-corrected chi connectivity index (χ3v) is 6.34. The topological polar surface area (TPSA) is 92.9 Å². The number of hydrogen-bond acceptors (Lipinski definition) is 8. The van der Waals surface area contributed by atoms with Crippen LogP contribution in [0.3, 0.4) is 0 Å². The highest BCUT2D eigenvalue weighted by Crippen LogP contribution is 2.44. The van der Waals surface area contributed by atoms with Crippen molar-refractivity contribution in [2.24, 2.45) is 0 Å². The molecule has 2 heterocycles. The van der Waals surface area contributed by atoms with Crippen LogP contribution in [0.25, 0.3) is 33.6 Å². The summed E-state index contributed by atoms with van der Waals surface area (Å²) in [6.45, 7) is 5.44. The van der Waals surface area contributed by atoms with Crippen molar-refractivity contribution < 1.29 is 28.2 Å². The molecule has 38 heavy (non-hydrogen) atoms. The first kappa shape index (κ1) is 25.7. The Labute approximate surface area is 221 Å². The van der Waals surface area contributed by atoms with Gasteiger partial charge in [-0.3, -0.25) is 0 Å². The smallest absolute Gasteiger partial charge is 0.332 e. The summed E-state index contributed by atoms with van der Waals surface area (Å²) in [6.07, 6.45) is 3.47. The van der Waals surface area contributed by atoms with E-state index in [1.54, 1.807) is 7.11 Å². The predicted octanol–water partition coefficient (Wildman–Crippen LogP) is 6.22. The number of hydrogen-bond donors (Lipinski definition) is 0. The Balaban J connectivity index is 1.42. The van der Waals surface area contributed by atoms with Crippen LogP contribution in [0.1, 0.15) is 40.0 Å². The average molecular weight is 517 g/mol. The molecule has 198 valence electrons. The lowest BCUT2D eigenvalue weighted by atomic mass is 9.99. The second-order valence-corrected chi connectivity index (χ2v) is 10.3. The first-order valence-corrected chi connectivity index (χ1v) is 12.8. The minimum atomic E-state index is -0.537. The molecule has 0 bridgehead atoms. The fourth-order valence-corrected chi connectivity index (χ4v) is 4.70. The third-order valence-electron chi connectivity index (χ3n) is 6.34. The number of ether oxygens (including phenoxy) is 4. The summed E-state index contributed by atoms with van der Waals surface area (Å²) in [5.74, 6) is 1.56. The number of rotatable bonds is 8. The van der Waals surface area contributed by atoms with Crippen molar-refractivity contribution >= 4 is 17.1 Å². The Bertz CT molecular complexity index is 1390. The zero-order valence-electron chi connectivity index (χ0n) is 22.1. The molecule has 8 heteroatoms. The molecule has 1 aliphatic carbocycles. The van der Waals surface area contributed by atoms with Crippen LogP contribution in [0.2, 0.25) is 0 Å². The van der Waals surface area contributed by atoms with E-state index in [2.05, 4.69) is 9.97 Å². The van der Waals surface area contributed by atoms with Gasteiger partial charge in [-0.25, -0.2) is 14.8 Å². The van der Waals surface area contributed by atoms with E-state index in [1.165, 1.54) is 6.33 Å². The van der Waals surface area contributed by atoms with Gasteiger partial charge in [-0.15, -0.1) is 0 Å². The van der Waals surface area contributed by atoms with Gasteiger partial charge in [0.25, 0.3) is 0 Å². The van der Waals surface area contributed by atoms with Crippen molar-refractivity contribution in [3.63, 3.8) is 0 Å². The quantitative estimate of drug-likeness (QED) is 0.255. The number of furan rings is 1. The van der Waals surface area contributed by atoms with E-state index in [9.17, 15) is 4.79 Å². The Morgan fingerprint density at radius 3 is 2.42 bits per heavy atom. The molecule has 0 amide bonds. The van der Waals surface area contributed by atoms with Crippen molar-refractivity contribution in [2.45, 2.75) is 57.8 Å². The lowest BCUT2D eigenvalue weighted by Crippen LogP contribution is -2.28. The molecule has 0 unspecified atom stereocenters. The molecule has 0 saturated heterocycles. The van der Waals surface area contributed by atoms with Crippen LogP contribution in [-0.4, -0.2) is 47.5 Å². The van der Waals surface area contributed by atoms with Gasteiger partial charge in [0, 0.05) is 17.5 Å². The maximum Gasteiger partial charge on any atom is 0.332 e. The van der Waals surface area contributed by atoms with E-state index in [1.807, 2.05) is 75.4 Å². The van der Waals surface area contributed by atoms with Crippen LogP contribution in [0.5, 0.6) is 11.6 Å². The highest BCUT2D eigenvalue weighted by atomic mass is 16.6. The molecule has 0 N–H and O–H groups in total. The Kier molecular flexibility index (Phi) is 7.33. The molecule has 1 saturated carbocycles. The van der Waals surface area contributed by atoms with E-state index in [4.69, 9.17) is 23.4 Å². The van der Waals surface area contributed by atoms with Gasteiger partial charge in [0.05, 0.1) is 13.2 Å². The highest BCUT2D eigenvalue weighted by Gasteiger charge is 2.30. The van der Waals surface area contributed by atoms with Gasteiger partial charge in [-0.05, 0) is 51.3 Å². The summed E-state index contributed by atoms with van der Waals surface area (Å²) in [6, 6.07) is 17.7. The highest BCUT2D eigenvalue weighted by molar-refractivity contribution is 6.03. The molecule has 5 rings (SSSR count). The van der Waals surface area contributed by atoms with Crippen LogP contribution in [0, 0.1) is 0 Å². The van der Waals surface area contributed by atoms with E-state index in [-0.39, 0.29) is 24.8 Å². The number of nitrogens with zero attached hydrogens (tertiary/aromatic N) is 2. The molecule has 2 atom stereocenters. The Hall–Kier alpha value is -3.91. The lowest BCUT2D eigenvalue weighted by molar-refractivity contribution is -0.162. The maximum absolute atomic E-state index is 12.1. The second-order valence-electron chi connectivity index (χ2n) is 10.3. The molecule has 0 radical (unpaired) electrons. The molecule has 1 fully saturated rings. The number of carbonyl (C=O) groups is 1. The standard InChI is InChI=1S/C30H32N2O6/c1-30(2,3)38-24(33)17-35-22-14-15-23(16-22)36-28-26-25(19-10-12-21(34-4)13-11-19)27(20-8-6-5-7-9-20)37-29(26)32-18-31-28/h5-13,18,22-23H,14-17H2,1-4H3/t22-,23+/m0/s1. The van der Waals surface area contributed by atoms with Crippen molar-refractivity contribution in [2.75, 3.05) is 13.7 Å². The van der Waals surface area contributed by atoms with E-state index >= 15 is 0 Å². The average Bonchev–Trinajstić information content (AvgIpc) is 3.52. The minimum Gasteiger partial charge on any atom is -0.497 e. The number of esters is 1. The SMILES string of the molecule is COc1ccc(-c2c(-c3ccccc3)oc3ncnc(O[C@@H]4CC[C@H](OCC(=O)OC(C)(C)C)C4)c23)cc1. The van der Waals surface area contributed by atoms with E-state index < -0.39 is 5.60 Å². The summed E-state index contributed by atoms with van der Waals surface area (Å²) in [5.41, 5.74) is 2.65. The molecule has 2 aromatic carbocycles. The van der Waals surface area contributed by atoms with Crippen molar-refractivity contribution in [1.82, 2.24) is 9.97 Å². The third kappa shape index (κ3) is 5.81. The summed E-state index contributed by atoms with van der Waals surface area (Å²) in [4.78, 5) is 21.0. The number of fused-ring (bicyclic) bond motifs is 1. The monoisotopic (exact) mass is 516 g/mol. The Morgan fingerprint density at radius 1 is 0.974 bits per heavy atom. The fraction of sp³-hybridized carbons (Fsp3) is 0.367. The second kappa shape index (κ2) is 10.8. The normalized spacial score (nSPS) is 17.5. The first-order valence-electron chi connectivity index (χ1n) is 12.8. The predicted molar refractivity (Wildman–Crippen MR) is 143 cm³/mol. The van der Waals surface area contributed by atoms with Crippen molar-refractivity contribution in [3.8, 4) is 34.1 Å². The lowest BCUT2D eigenvalue weighted by Gasteiger charge is -2.20. The fourth-order valence-electron chi connectivity index (χ4n) is 4.70. The molecular formula is C30H32N2O6. The molecule has 2 aromatic heterocycles. The first-order chi connectivity index (χ1) is 18.3. The van der Waals surface area contributed by atoms with Crippen molar-refractivity contribution in [3.05, 3.63) is 60.9 Å². The van der Waals surface area contributed by atoms with Gasteiger partial charge in [0.15, 0.2) is 0 Å². The van der Waals surface area contributed by atoms with Gasteiger partial charge in [-0.1, -0.05) is 42.5 Å². The summed E-state index contributed by atoms with van der Waals surface area (Å²) < 4.78 is 29.2.